The average molecular weight is 310 g/mol. The molecule has 2 aromatic carbocycles. The van der Waals surface area contributed by atoms with Crippen molar-refractivity contribution in [3.63, 3.8) is 0 Å². The van der Waals surface area contributed by atoms with Crippen molar-refractivity contribution in [2.45, 2.75) is 6.10 Å². The van der Waals surface area contributed by atoms with Crippen molar-refractivity contribution in [1.82, 2.24) is 9.80 Å². The Kier molecular flexibility index (Phi) is 4.93. The van der Waals surface area contributed by atoms with Gasteiger partial charge in [0.05, 0.1) is 0 Å². The van der Waals surface area contributed by atoms with Gasteiger partial charge in [0.2, 0.25) is 6.10 Å². The van der Waals surface area contributed by atoms with Gasteiger partial charge in [-0.25, -0.2) is 0 Å². The number of ether oxygens (including phenoxy) is 1. The predicted octanol–water partition coefficient (Wildman–Crippen LogP) is 2.58. The van der Waals surface area contributed by atoms with Gasteiger partial charge >= 0.3 is 0 Å². The first-order valence-electron chi connectivity index (χ1n) is 7.98. The van der Waals surface area contributed by atoms with E-state index in [1.54, 1.807) is 0 Å². The van der Waals surface area contributed by atoms with Crippen LogP contribution in [0.5, 0.6) is 5.75 Å². The largest absolute Gasteiger partial charge is 0.476 e. The molecule has 4 nitrogen and oxygen atoms in total. The van der Waals surface area contributed by atoms with Crippen LogP contribution in [-0.2, 0) is 4.79 Å². The number of piperazine rings is 1. The molecule has 1 heterocycles. The maximum absolute atomic E-state index is 13.0. The Morgan fingerprint density at radius 1 is 0.913 bits per heavy atom. The molecule has 0 unspecified atom stereocenters. The first-order valence-corrected chi connectivity index (χ1v) is 7.98. The lowest BCUT2D eigenvalue weighted by atomic mass is 10.1. The molecule has 1 atom stereocenters. The summed E-state index contributed by atoms with van der Waals surface area (Å²) in [6.07, 6.45) is -0.595. The van der Waals surface area contributed by atoms with Crippen molar-refractivity contribution < 1.29 is 9.53 Å². The van der Waals surface area contributed by atoms with Gasteiger partial charge in [-0.1, -0.05) is 48.5 Å². The predicted molar refractivity (Wildman–Crippen MR) is 90.3 cm³/mol. The van der Waals surface area contributed by atoms with Gasteiger partial charge in [0.1, 0.15) is 5.75 Å². The molecule has 0 bridgehead atoms. The molecule has 0 saturated carbocycles. The fraction of sp³-hybridized carbons (Fsp3) is 0.316. The lowest BCUT2D eigenvalue weighted by Crippen LogP contribution is -2.49. The molecule has 2 aromatic rings. The van der Waals surface area contributed by atoms with Gasteiger partial charge in [-0.2, -0.15) is 0 Å². The molecular formula is C19H22N2O2. The minimum atomic E-state index is -0.595. The van der Waals surface area contributed by atoms with Crippen LogP contribution in [0.4, 0.5) is 0 Å². The number of carbonyl (C=O) groups is 1. The smallest absolute Gasteiger partial charge is 0.268 e. The van der Waals surface area contributed by atoms with E-state index >= 15 is 0 Å². The molecule has 4 heteroatoms. The summed E-state index contributed by atoms with van der Waals surface area (Å²) in [7, 11) is 2.08. The molecule has 1 fully saturated rings. The molecule has 0 aromatic heterocycles. The van der Waals surface area contributed by atoms with Gasteiger partial charge < -0.3 is 14.5 Å². The summed E-state index contributed by atoms with van der Waals surface area (Å²) < 4.78 is 6.04. The standard InChI is InChI=1S/C19H22N2O2/c1-20-12-14-21(15-13-20)19(22)18(16-8-4-2-5-9-16)23-17-10-6-3-7-11-17/h2-11,18H,12-15H2,1H3/t18-/m0/s1. The van der Waals surface area contributed by atoms with Crippen molar-refractivity contribution >= 4 is 5.91 Å². The van der Waals surface area contributed by atoms with E-state index in [4.69, 9.17) is 4.74 Å². The Hall–Kier alpha value is -2.33. The van der Waals surface area contributed by atoms with Gasteiger partial charge in [0, 0.05) is 31.7 Å². The number of benzene rings is 2. The third kappa shape index (κ3) is 3.90. The summed E-state index contributed by atoms with van der Waals surface area (Å²) in [4.78, 5) is 17.1. The number of nitrogens with zero attached hydrogens (tertiary/aromatic N) is 2. The zero-order valence-electron chi connectivity index (χ0n) is 13.4. The highest BCUT2D eigenvalue weighted by Crippen LogP contribution is 2.24. The van der Waals surface area contributed by atoms with Crippen LogP contribution in [0.15, 0.2) is 60.7 Å². The number of hydrogen-bond donors (Lipinski definition) is 0. The quantitative estimate of drug-likeness (QED) is 0.870. The van der Waals surface area contributed by atoms with Crippen molar-refractivity contribution in [2.75, 3.05) is 33.2 Å². The molecular weight excluding hydrogens is 288 g/mol. The minimum absolute atomic E-state index is 0.0353. The molecule has 0 N–H and O–H groups in total. The Morgan fingerprint density at radius 2 is 1.48 bits per heavy atom. The van der Waals surface area contributed by atoms with E-state index in [0.717, 1.165) is 31.7 Å². The Morgan fingerprint density at radius 3 is 2.09 bits per heavy atom. The molecule has 0 radical (unpaired) electrons. The van der Waals surface area contributed by atoms with E-state index < -0.39 is 6.10 Å². The zero-order chi connectivity index (χ0) is 16.1. The molecule has 0 spiro atoms. The number of rotatable bonds is 4. The number of amides is 1. The highest BCUT2D eigenvalue weighted by atomic mass is 16.5. The summed E-state index contributed by atoms with van der Waals surface area (Å²) >= 11 is 0. The third-order valence-corrected chi connectivity index (χ3v) is 4.14. The van der Waals surface area contributed by atoms with Crippen molar-refractivity contribution in [3.8, 4) is 5.75 Å². The van der Waals surface area contributed by atoms with Gasteiger partial charge in [-0.3, -0.25) is 4.79 Å². The highest BCUT2D eigenvalue weighted by Gasteiger charge is 2.29. The van der Waals surface area contributed by atoms with E-state index in [1.807, 2.05) is 65.6 Å². The van der Waals surface area contributed by atoms with Gasteiger partial charge in [-0.15, -0.1) is 0 Å². The Bertz CT molecular complexity index is 622. The molecule has 23 heavy (non-hydrogen) atoms. The van der Waals surface area contributed by atoms with E-state index in [0.29, 0.717) is 5.75 Å². The number of para-hydroxylation sites is 1. The van der Waals surface area contributed by atoms with Crippen LogP contribution in [-0.4, -0.2) is 48.9 Å². The van der Waals surface area contributed by atoms with Gasteiger partial charge in [-0.05, 0) is 19.2 Å². The molecule has 1 amide bonds. The molecule has 1 saturated heterocycles. The van der Waals surface area contributed by atoms with Crippen molar-refractivity contribution in [3.05, 3.63) is 66.2 Å². The minimum Gasteiger partial charge on any atom is -0.476 e. The molecule has 1 aliphatic heterocycles. The van der Waals surface area contributed by atoms with E-state index in [2.05, 4.69) is 11.9 Å². The fourth-order valence-corrected chi connectivity index (χ4v) is 2.72. The number of likely N-dealkylation sites (N-methyl/N-ethyl adjacent to an activating group) is 1. The van der Waals surface area contributed by atoms with Crippen LogP contribution in [0.1, 0.15) is 11.7 Å². The first kappa shape index (κ1) is 15.6. The van der Waals surface area contributed by atoms with Crippen LogP contribution in [0.25, 0.3) is 0 Å². The summed E-state index contributed by atoms with van der Waals surface area (Å²) in [5.74, 6) is 0.747. The topological polar surface area (TPSA) is 32.8 Å². The van der Waals surface area contributed by atoms with Gasteiger partial charge in [0.15, 0.2) is 0 Å². The average Bonchev–Trinajstić information content (AvgIpc) is 2.61. The van der Waals surface area contributed by atoms with Crippen molar-refractivity contribution in [2.24, 2.45) is 0 Å². The Balaban J connectivity index is 1.81. The first-order chi connectivity index (χ1) is 11.2. The van der Waals surface area contributed by atoms with E-state index in [9.17, 15) is 4.79 Å². The zero-order valence-corrected chi connectivity index (χ0v) is 13.4. The number of carbonyl (C=O) groups excluding carboxylic acids is 1. The normalized spacial score (nSPS) is 16.8. The second-order valence-electron chi connectivity index (χ2n) is 5.85. The van der Waals surface area contributed by atoms with Crippen LogP contribution in [0.2, 0.25) is 0 Å². The van der Waals surface area contributed by atoms with Crippen LogP contribution in [0.3, 0.4) is 0 Å². The lowest BCUT2D eigenvalue weighted by molar-refractivity contribution is -0.140. The maximum atomic E-state index is 13.0. The third-order valence-electron chi connectivity index (χ3n) is 4.14. The molecule has 3 rings (SSSR count). The second-order valence-corrected chi connectivity index (χ2v) is 5.85. The van der Waals surface area contributed by atoms with Crippen LogP contribution >= 0.6 is 0 Å². The lowest BCUT2D eigenvalue weighted by Gasteiger charge is -2.34. The summed E-state index contributed by atoms with van der Waals surface area (Å²) in [6, 6.07) is 19.2. The van der Waals surface area contributed by atoms with Crippen molar-refractivity contribution in [1.29, 1.82) is 0 Å². The van der Waals surface area contributed by atoms with Gasteiger partial charge in [0.25, 0.3) is 5.91 Å². The SMILES string of the molecule is CN1CCN(C(=O)[C@@H](Oc2ccccc2)c2ccccc2)CC1. The molecule has 1 aliphatic rings. The fourth-order valence-electron chi connectivity index (χ4n) is 2.72. The summed E-state index contributed by atoms with van der Waals surface area (Å²) in [6.45, 7) is 3.30. The van der Waals surface area contributed by atoms with Crippen LogP contribution < -0.4 is 4.74 Å². The number of hydrogen-bond acceptors (Lipinski definition) is 3. The van der Waals surface area contributed by atoms with Crippen LogP contribution in [0, 0.1) is 0 Å². The maximum Gasteiger partial charge on any atom is 0.268 e. The summed E-state index contributed by atoms with van der Waals surface area (Å²) in [5.41, 5.74) is 0.889. The highest BCUT2D eigenvalue weighted by molar-refractivity contribution is 5.82. The summed E-state index contributed by atoms with van der Waals surface area (Å²) in [5, 5.41) is 0. The molecule has 120 valence electrons. The second kappa shape index (κ2) is 7.29. The van der Waals surface area contributed by atoms with E-state index in [-0.39, 0.29) is 5.91 Å². The Labute approximate surface area is 137 Å². The molecule has 0 aliphatic carbocycles. The monoisotopic (exact) mass is 310 g/mol. The van der Waals surface area contributed by atoms with E-state index in [1.165, 1.54) is 0 Å².